The molecule has 48 heavy (non-hydrogen) atoms. The number of ether oxygens (including phenoxy) is 4. The number of aliphatic hydroxyl groups is 3. The smallest absolute Gasteiger partial charge is 0.239 e. The van der Waals surface area contributed by atoms with Crippen LogP contribution in [0.1, 0.15) is 65.9 Å². The minimum atomic E-state index is -1.68. The summed E-state index contributed by atoms with van der Waals surface area (Å²) in [5.41, 5.74) is 1.52. The number of nitrogens with zero attached hydrogens (tertiary/aromatic N) is 1. The van der Waals surface area contributed by atoms with Crippen LogP contribution in [0.25, 0.3) is 22.3 Å². The quantitative estimate of drug-likeness (QED) is 0.118. The Bertz CT molecular complexity index is 1580. The Labute approximate surface area is 282 Å². The van der Waals surface area contributed by atoms with Gasteiger partial charge >= 0.3 is 0 Å². The summed E-state index contributed by atoms with van der Waals surface area (Å²) in [6.45, 7) is 13.4. The predicted octanol–water partition coefficient (Wildman–Crippen LogP) is 5.17. The van der Waals surface area contributed by atoms with Crippen molar-refractivity contribution in [3.8, 4) is 34.3 Å². The van der Waals surface area contributed by atoms with E-state index in [2.05, 4.69) is 18.7 Å². The molecule has 11 heteroatoms. The molecule has 0 saturated carbocycles. The van der Waals surface area contributed by atoms with E-state index in [0.717, 1.165) is 50.9 Å². The molecular formula is C37H51NO10. The SMILES string of the molecule is CCN(CC)CCCCCCOc1cc(O)c2c(=O)c(O[C@H]3O[C@H](C)[C@@H](O)[C@H](O)[C@@H]3O)c(-c3ccc(OC)cc3)oc2c1CC=C(C)C. The summed E-state index contributed by atoms with van der Waals surface area (Å²) in [5, 5.41) is 42.4. The molecule has 1 aliphatic rings. The summed E-state index contributed by atoms with van der Waals surface area (Å²) in [7, 11) is 1.54. The van der Waals surface area contributed by atoms with Crippen molar-refractivity contribution < 1.29 is 43.8 Å². The first-order valence-corrected chi connectivity index (χ1v) is 16.8. The second kappa shape index (κ2) is 17.2. The lowest BCUT2D eigenvalue weighted by Gasteiger charge is -2.38. The van der Waals surface area contributed by atoms with Crippen LogP contribution in [-0.2, 0) is 11.2 Å². The Hall–Kier alpha value is -3.61. The topological polar surface area (TPSA) is 151 Å². The molecule has 11 nitrogen and oxygen atoms in total. The van der Waals surface area contributed by atoms with Crippen molar-refractivity contribution in [2.24, 2.45) is 0 Å². The van der Waals surface area contributed by atoms with E-state index >= 15 is 0 Å². The number of methoxy groups -OCH3 is 1. The van der Waals surface area contributed by atoms with Crippen LogP contribution >= 0.6 is 0 Å². The molecular weight excluding hydrogens is 618 g/mol. The molecule has 2 aromatic carbocycles. The number of allylic oxidation sites excluding steroid dienone is 2. The molecule has 0 spiro atoms. The molecule has 1 aromatic heterocycles. The summed E-state index contributed by atoms with van der Waals surface area (Å²) in [6, 6.07) is 8.19. The molecule has 0 bridgehead atoms. The number of aromatic hydroxyl groups is 1. The van der Waals surface area contributed by atoms with Crippen LogP contribution in [0.15, 0.2) is 51.2 Å². The van der Waals surface area contributed by atoms with E-state index < -0.39 is 36.1 Å². The van der Waals surface area contributed by atoms with Crippen molar-refractivity contribution in [3.63, 3.8) is 0 Å². The van der Waals surface area contributed by atoms with Gasteiger partial charge in [-0.1, -0.05) is 38.3 Å². The molecule has 1 fully saturated rings. The maximum absolute atomic E-state index is 14.2. The third-order valence-corrected chi connectivity index (χ3v) is 8.80. The minimum absolute atomic E-state index is 0.0161. The van der Waals surface area contributed by atoms with Gasteiger partial charge in [-0.25, -0.2) is 0 Å². The van der Waals surface area contributed by atoms with Gasteiger partial charge in [-0.2, -0.15) is 0 Å². The van der Waals surface area contributed by atoms with Gasteiger partial charge in [0, 0.05) is 17.2 Å². The van der Waals surface area contributed by atoms with E-state index in [1.165, 1.54) is 20.1 Å². The zero-order valence-corrected chi connectivity index (χ0v) is 28.9. The van der Waals surface area contributed by atoms with Gasteiger partial charge in [-0.15, -0.1) is 0 Å². The maximum atomic E-state index is 14.2. The molecule has 1 aliphatic heterocycles. The summed E-state index contributed by atoms with van der Waals surface area (Å²) in [6.07, 6.45) is -0.641. The second-order valence-electron chi connectivity index (χ2n) is 12.5. The predicted molar refractivity (Wildman–Crippen MR) is 184 cm³/mol. The number of benzene rings is 2. The fourth-order valence-corrected chi connectivity index (χ4v) is 5.77. The van der Waals surface area contributed by atoms with Crippen molar-refractivity contribution in [3.05, 3.63) is 57.8 Å². The number of aliphatic hydroxyl groups excluding tert-OH is 3. The number of phenolic OH excluding ortho intramolecular Hbond substituents is 1. The van der Waals surface area contributed by atoms with E-state index in [9.17, 15) is 25.2 Å². The monoisotopic (exact) mass is 669 g/mol. The highest BCUT2D eigenvalue weighted by atomic mass is 16.7. The van der Waals surface area contributed by atoms with Crippen molar-refractivity contribution in [1.29, 1.82) is 0 Å². The summed E-state index contributed by atoms with van der Waals surface area (Å²) in [5.74, 6) is 0.313. The largest absolute Gasteiger partial charge is 0.507 e. The van der Waals surface area contributed by atoms with Crippen LogP contribution in [0.3, 0.4) is 0 Å². The standard InChI is InChI=1S/C37H51NO10/c1-7-38(8-2)19-11-9-10-12-20-45-28-21-27(39)29-31(41)36(48-37-33(43)32(42)30(40)23(5)46-37)34(24-14-16-25(44-6)17-15-24)47-35(29)26(28)18-13-22(3)4/h13-17,21,23,30,32-33,37,39-40,42-43H,7-12,18-20H2,1-6H3/t23-,30-,32+,33+,37-/m1/s1. The number of hydrogen-bond donors (Lipinski definition) is 4. The van der Waals surface area contributed by atoms with Crippen LogP contribution in [0, 0.1) is 0 Å². The lowest BCUT2D eigenvalue weighted by atomic mass is 10.00. The fourth-order valence-electron chi connectivity index (χ4n) is 5.77. The zero-order chi connectivity index (χ0) is 35.0. The van der Waals surface area contributed by atoms with Crippen molar-refractivity contribution in [2.45, 2.75) is 97.4 Å². The summed E-state index contributed by atoms with van der Waals surface area (Å²) in [4.78, 5) is 16.7. The number of rotatable bonds is 16. The van der Waals surface area contributed by atoms with Crippen LogP contribution < -0.4 is 19.6 Å². The van der Waals surface area contributed by atoms with Gasteiger partial charge in [0.15, 0.2) is 5.76 Å². The third-order valence-electron chi connectivity index (χ3n) is 8.80. The first kappa shape index (κ1) is 37.2. The first-order chi connectivity index (χ1) is 23.0. The molecule has 0 unspecified atom stereocenters. The third kappa shape index (κ3) is 8.69. The van der Waals surface area contributed by atoms with Gasteiger partial charge in [-0.05, 0) is 83.9 Å². The minimum Gasteiger partial charge on any atom is -0.507 e. The molecule has 3 aromatic rings. The highest BCUT2D eigenvalue weighted by Gasteiger charge is 2.44. The van der Waals surface area contributed by atoms with Gasteiger partial charge in [0.05, 0.1) is 19.8 Å². The number of fused-ring (bicyclic) bond motifs is 1. The fraction of sp³-hybridized carbons (Fsp3) is 0.541. The second-order valence-corrected chi connectivity index (χ2v) is 12.5. The van der Waals surface area contributed by atoms with E-state index in [4.69, 9.17) is 23.4 Å². The lowest BCUT2D eigenvalue weighted by Crippen LogP contribution is -2.58. The molecule has 5 atom stereocenters. The van der Waals surface area contributed by atoms with E-state index in [0.29, 0.717) is 35.7 Å². The van der Waals surface area contributed by atoms with Gasteiger partial charge in [-0.3, -0.25) is 4.79 Å². The van der Waals surface area contributed by atoms with Crippen LogP contribution in [0.5, 0.6) is 23.0 Å². The molecule has 0 aliphatic carbocycles. The van der Waals surface area contributed by atoms with Crippen molar-refractivity contribution >= 4 is 11.0 Å². The molecule has 2 heterocycles. The average molecular weight is 670 g/mol. The highest BCUT2D eigenvalue weighted by Crippen LogP contribution is 2.41. The zero-order valence-electron chi connectivity index (χ0n) is 28.9. The summed E-state index contributed by atoms with van der Waals surface area (Å²) < 4.78 is 29.6. The Balaban J connectivity index is 1.75. The van der Waals surface area contributed by atoms with Crippen LogP contribution in [-0.4, -0.2) is 89.4 Å². The Kier molecular flexibility index (Phi) is 13.3. The Morgan fingerprint density at radius 1 is 0.979 bits per heavy atom. The summed E-state index contributed by atoms with van der Waals surface area (Å²) >= 11 is 0. The molecule has 1 saturated heterocycles. The maximum Gasteiger partial charge on any atom is 0.239 e. The Morgan fingerprint density at radius 2 is 1.67 bits per heavy atom. The molecule has 0 radical (unpaired) electrons. The molecule has 4 rings (SSSR count). The van der Waals surface area contributed by atoms with Gasteiger partial charge in [0.25, 0.3) is 0 Å². The van der Waals surface area contributed by atoms with E-state index in [1.54, 1.807) is 24.3 Å². The van der Waals surface area contributed by atoms with Crippen molar-refractivity contribution in [2.75, 3.05) is 33.4 Å². The lowest BCUT2D eigenvalue weighted by molar-refractivity contribution is -0.268. The number of unbranched alkanes of at least 4 members (excludes halogenated alkanes) is 3. The van der Waals surface area contributed by atoms with Gasteiger partial charge in [0.1, 0.15) is 46.5 Å². The Morgan fingerprint density at radius 3 is 2.31 bits per heavy atom. The molecule has 0 amide bonds. The van der Waals surface area contributed by atoms with E-state index in [1.807, 2.05) is 19.9 Å². The van der Waals surface area contributed by atoms with Crippen molar-refractivity contribution in [1.82, 2.24) is 4.90 Å². The molecule has 4 N–H and O–H groups in total. The number of hydrogen-bond acceptors (Lipinski definition) is 11. The van der Waals surface area contributed by atoms with Crippen LogP contribution in [0.2, 0.25) is 0 Å². The normalized spacial score (nSPS) is 21.0. The van der Waals surface area contributed by atoms with Gasteiger partial charge in [0.2, 0.25) is 17.5 Å². The van der Waals surface area contributed by atoms with Gasteiger partial charge < -0.3 is 48.7 Å². The number of phenols is 1. The first-order valence-electron chi connectivity index (χ1n) is 16.8. The average Bonchev–Trinajstić information content (AvgIpc) is 3.07. The highest BCUT2D eigenvalue weighted by molar-refractivity contribution is 5.91. The van der Waals surface area contributed by atoms with E-state index in [-0.39, 0.29) is 28.2 Å². The molecule has 264 valence electrons. The van der Waals surface area contributed by atoms with Crippen LogP contribution in [0.4, 0.5) is 0 Å².